The molecule has 0 unspecified atom stereocenters. The van der Waals surface area contributed by atoms with Crippen molar-refractivity contribution in [2.24, 2.45) is 0 Å². The average Bonchev–Trinajstić information content (AvgIpc) is 2.96. The van der Waals surface area contributed by atoms with E-state index in [4.69, 9.17) is 9.15 Å². The molecular formula is C17H11BrO4. The van der Waals surface area contributed by atoms with Crippen molar-refractivity contribution in [2.75, 3.05) is 6.61 Å². The molecule has 0 saturated heterocycles. The number of Topliss-reactive ketones (excluding diaryl/α,β-unsaturated/α-hetero) is 1. The number of ether oxygens (including phenoxy) is 1. The van der Waals surface area contributed by atoms with Crippen LogP contribution >= 0.6 is 15.9 Å². The SMILES string of the molecule is O=C(OCC(=O)c1cc2ccccc2o1)c1cccc(Br)c1. The molecule has 3 rings (SSSR count). The molecule has 0 atom stereocenters. The molecule has 110 valence electrons. The van der Waals surface area contributed by atoms with Crippen molar-refractivity contribution in [3.8, 4) is 0 Å². The summed E-state index contributed by atoms with van der Waals surface area (Å²) in [5.41, 5.74) is 1.01. The minimum absolute atomic E-state index is 0.184. The second-order valence-electron chi connectivity index (χ2n) is 4.66. The van der Waals surface area contributed by atoms with Gasteiger partial charge in [0.25, 0.3) is 0 Å². The van der Waals surface area contributed by atoms with Crippen LogP contribution in [0.1, 0.15) is 20.9 Å². The Labute approximate surface area is 134 Å². The maximum atomic E-state index is 12.0. The molecule has 22 heavy (non-hydrogen) atoms. The molecule has 0 fully saturated rings. The molecule has 0 aliphatic rings. The first-order chi connectivity index (χ1) is 10.6. The molecule has 0 spiro atoms. The normalized spacial score (nSPS) is 10.6. The Morgan fingerprint density at radius 2 is 1.86 bits per heavy atom. The Balaban J connectivity index is 1.68. The number of halogens is 1. The summed E-state index contributed by atoms with van der Waals surface area (Å²) >= 11 is 3.28. The smallest absolute Gasteiger partial charge is 0.338 e. The number of hydrogen-bond donors (Lipinski definition) is 0. The Morgan fingerprint density at radius 3 is 2.64 bits per heavy atom. The Hall–Kier alpha value is -2.40. The van der Waals surface area contributed by atoms with Gasteiger partial charge in [0.15, 0.2) is 12.4 Å². The van der Waals surface area contributed by atoms with Gasteiger partial charge in [0.05, 0.1) is 5.56 Å². The zero-order valence-corrected chi connectivity index (χ0v) is 13.0. The van der Waals surface area contributed by atoms with E-state index in [0.29, 0.717) is 11.1 Å². The minimum atomic E-state index is -0.550. The number of hydrogen-bond acceptors (Lipinski definition) is 4. The highest BCUT2D eigenvalue weighted by Gasteiger charge is 2.15. The fraction of sp³-hybridized carbons (Fsp3) is 0.0588. The maximum Gasteiger partial charge on any atom is 0.338 e. The van der Waals surface area contributed by atoms with E-state index in [1.807, 2.05) is 18.2 Å². The maximum absolute atomic E-state index is 12.0. The molecule has 0 radical (unpaired) electrons. The highest BCUT2D eigenvalue weighted by atomic mass is 79.9. The van der Waals surface area contributed by atoms with Crippen LogP contribution in [0.2, 0.25) is 0 Å². The first-order valence-electron chi connectivity index (χ1n) is 6.58. The monoisotopic (exact) mass is 358 g/mol. The van der Waals surface area contributed by atoms with Crippen molar-refractivity contribution < 1.29 is 18.7 Å². The average molecular weight is 359 g/mol. The highest BCUT2D eigenvalue weighted by molar-refractivity contribution is 9.10. The number of carbonyl (C=O) groups is 2. The number of furan rings is 1. The van der Waals surface area contributed by atoms with Crippen LogP contribution in [0.15, 0.2) is 63.5 Å². The van der Waals surface area contributed by atoms with Crippen LogP contribution < -0.4 is 0 Å². The van der Waals surface area contributed by atoms with Crippen LogP contribution in [-0.4, -0.2) is 18.4 Å². The van der Waals surface area contributed by atoms with Crippen LogP contribution in [0.4, 0.5) is 0 Å². The molecule has 5 heteroatoms. The molecule has 0 bridgehead atoms. The number of fused-ring (bicyclic) bond motifs is 1. The van der Waals surface area contributed by atoms with Gasteiger partial charge in [-0.15, -0.1) is 0 Å². The second-order valence-corrected chi connectivity index (χ2v) is 5.57. The lowest BCUT2D eigenvalue weighted by atomic mass is 10.2. The van der Waals surface area contributed by atoms with Gasteiger partial charge in [-0.3, -0.25) is 4.79 Å². The van der Waals surface area contributed by atoms with E-state index in [9.17, 15) is 9.59 Å². The van der Waals surface area contributed by atoms with Crippen molar-refractivity contribution in [3.63, 3.8) is 0 Å². The summed E-state index contributed by atoms with van der Waals surface area (Å²) in [5.74, 6) is -0.742. The first-order valence-corrected chi connectivity index (χ1v) is 7.37. The molecule has 0 aliphatic heterocycles. The number of benzene rings is 2. The van der Waals surface area contributed by atoms with E-state index in [-0.39, 0.29) is 18.2 Å². The second kappa shape index (κ2) is 6.15. The lowest BCUT2D eigenvalue weighted by molar-refractivity contribution is 0.0468. The predicted molar refractivity (Wildman–Crippen MR) is 85.0 cm³/mol. The molecule has 4 nitrogen and oxygen atoms in total. The molecule has 0 N–H and O–H groups in total. The third-order valence-corrected chi connectivity index (χ3v) is 3.59. The summed E-state index contributed by atoms with van der Waals surface area (Å²) in [4.78, 5) is 23.9. The topological polar surface area (TPSA) is 56.5 Å². The number of para-hydroxylation sites is 1. The van der Waals surface area contributed by atoms with Crippen molar-refractivity contribution in [2.45, 2.75) is 0 Å². The number of esters is 1. The number of ketones is 1. The summed E-state index contributed by atoms with van der Waals surface area (Å²) in [6.07, 6.45) is 0. The highest BCUT2D eigenvalue weighted by Crippen LogP contribution is 2.19. The van der Waals surface area contributed by atoms with Gasteiger partial charge >= 0.3 is 5.97 Å². The van der Waals surface area contributed by atoms with Crippen LogP contribution in [0.25, 0.3) is 11.0 Å². The van der Waals surface area contributed by atoms with Crippen LogP contribution in [-0.2, 0) is 4.74 Å². The zero-order chi connectivity index (χ0) is 15.5. The van der Waals surface area contributed by atoms with Gasteiger partial charge in [0.1, 0.15) is 5.58 Å². The van der Waals surface area contributed by atoms with Gasteiger partial charge in [0, 0.05) is 9.86 Å². The van der Waals surface area contributed by atoms with E-state index in [0.717, 1.165) is 9.86 Å². The fourth-order valence-electron chi connectivity index (χ4n) is 2.02. The van der Waals surface area contributed by atoms with Crippen molar-refractivity contribution in [3.05, 3.63) is 70.4 Å². The van der Waals surface area contributed by atoms with E-state index >= 15 is 0 Å². The van der Waals surface area contributed by atoms with Gasteiger partial charge in [0.2, 0.25) is 5.78 Å². The minimum Gasteiger partial charge on any atom is -0.454 e. The summed E-state index contributed by atoms with van der Waals surface area (Å²) in [7, 11) is 0. The fourth-order valence-corrected chi connectivity index (χ4v) is 2.42. The third kappa shape index (κ3) is 3.09. The third-order valence-electron chi connectivity index (χ3n) is 3.10. The van der Waals surface area contributed by atoms with Crippen LogP contribution in [0.3, 0.4) is 0 Å². The summed E-state index contributed by atoms with van der Waals surface area (Å²) in [6.45, 7) is -0.356. The van der Waals surface area contributed by atoms with Crippen molar-refractivity contribution >= 4 is 38.7 Å². The van der Waals surface area contributed by atoms with E-state index in [2.05, 4.69) is 15.9 Å². The van der Waals surface area contributed by atoms with Crippen molar-refractivity contribution in [1.82, 2.24) is 0 Å². The molecular weight excluding hydrogens is 348 g/mol. The lowest BCUT2D eigenvalue weighted by Crippen LogP contribution is -2.13. The summed E-state index contributed by atoms with van der Waals surface area (Å²) in [6, 6.07) is 15.7. The zero-order valence-electron chi connectivity index (χ0n) is 11.4. The van der Waals surface area contributed by atoms with Gasteiger partial charge in [-0.25, -0.2) is 4.79 Å². The quantitative estimate of drug-likeness (QED) is 0.517. The summed E-state index contributed by atoms with van der Waals surface area (Å²) in [5, 5.41) is 0.837. The molecule has 2 aromatic carbocycles. The van der Waals surface area contributed by atoms with E-state index in [1.165, 1.54) is 0 Å². The van der Waals surface area contributed by atoms with Gasteiger partial charge in [-0.1, -0.05) is 40.2 Å². The Morgan fingerprint density at radius 1 is 1.05 bits per heavy atom. The Kier molecular flexibility index (Phi) is 4.06. The molecule has 1 heterocycles. The lowest BCUT2D eigenvalue weighted by Gasteiger charge is -2.03. The standard InChI is InChI=1S/C17H11BrO4/c18-13-6-3-5-12(8-13)17(20)21-10-14(19)16-9-11-4-1-2-7-15(11)22-16/h1-9H,10H2. The van der Waals surface area contributed by atoms with Gasteiger partial charge in [-0.05, 0) is 30.3 Å². The molecule has 1 aromatic heterocycles. The van der Waals surface area contributed by atoms with Gasteiger partial charge in [-0.2, -0.15) is 0 Å². The van der Waals surface area contributed by atoms with E-state index in [1.54, 1.807) is 36.4 Å². The Bertz CT molecular complexity index is 817. The summed E-state index contributed by atoms with van der Waals surface area (Å²) < 4.78 is 11.2. The predicted octanol–water partition coefficient (Wildman–Crippen LogP) is 4.24. The molecule has 3 aromatic rings. The van der Waals surface area contributed by atoms with E-state index < -0.39 is 5.97 Å². The van der Waals surface area contributed by atoms with Gasteiger partial charge < -0.3 is 9.15 Å². The molecule has 0 aliphatic carbocycles. The number of rotatable bonds is 4. The van der Waals surface area contributed by atoms with Crippen LogP contribution in [0, 0.1) is 0 Å². The van der Waals surface area contributed by atoms with Crippen molar-refractivity contribution in [1.29, 1.82) is 0 Å². The number of carbonyl (C=O) groups excluding carboxylic acids is 2. The first kappa shape index (κ1) is 14.5. The van der Waals surface area contributed by atoms with Crippen LogP contribution in [0.5, 0.6) is 0 Å². The molecule has 0 saturated carbocycles. The largest absolute Gasteiger partial charge is 0.454 e. The molecule has 0 amide bonds.